The number of hydrogen-bond donors (Lipinski definition) is 3. The quantitative estimate of drug-likeness (QED) is 0.733. The number of H-pyrrole nitrogens is 1. The van der Waals surface area contributed by atoms with E-state index in [0.29, 0.717) is 5.69 Å². The molecule has 1 aromatic heterocycles. The van der Waals surface area contributed by atoms with E-state index in [9.17, 15) is 13.2 Å². The number of aromatic nitrogens is 2. The van der Waals surface area contributed by atoms with E-state index in [1.165, 1.54) is 14.1 Å². The second-order valence-corrected chi connectivity index (χ2v) is 7.55. The summed E-state index contributed by atoms with van der Waals surface area (Å²) < 4.78 is 24.3. The van der Waals surface area contributed by atoms with Gasteiger partial charge in [-0.3, -0.25) is 0 Å². The van der Waals surface area contributed by atoms with E-state index in [4.69, 9.17) is 0 Å². The van der Waals surface area contributed by atoms with Crippen molar-refractivity contribution in [1.29, 1.82) is 0 Å². The molecule has 0 atom stereocenters. The first-order chi connectivity index (χ1) is 10.8. The van der Waals surface area contributed by atoms with Gasteiger partial charge < -0.3 is 15.6 Å². The number of hydrogen-bond acceptors (Lipinski definition) is 4. The molecule has 1 heterocycles. The highest BCUT2D eigenvalue weighted by Gasteiger charge is 2.13. The Kier molecular flexibility index (Phi) is 5.22. The van der Waals surface area contributed by atoms with Crippen molar-refractivity contribution >= 4 is 32.8 Å². The molecule has 23 heavy (non-hydrogen) atoms. The molecule has 0 radical (unpaired) electrons. The van der Waals surface area contributed by atoms with Gasteiger partial charge in [0.15, 0.2) is 0 Å². The lowest BCUT2D eigenvalue weighted by Crippen LogP contribution is -2.36. The van der Waals surface area contributed by atoms with Gasteiger partial charge >= 0.3 is 6.03 Å². The monoisotopic (exact) mass is 339 g/mol. The van der Waals surface area contributed by atoms with Crippen molar-refractivity contribution in [3.05, 3.63) is 24.0 Å². The van der Waals surface area contributed by atoms with Crippen LogP contribution in [0.5, 0.6) is 0 Å². The zero-order chi connectivity index (χ0) is 17.0. The number of sulfonamides is 1. The number of aromatic amines is 1. The molecule has 3 N–H and O–H groups in total. The Morgan fingerprint density at radius 1 is 1.35 bits per heavy atom. The van der Waals surface area contributed by atoms with Crippen LogP contribution in [0.15, 0.2) is 18.2 Å². The van der Waals surface area contributed by atoms with E-state index < -0.39 is 16.1 Å². The lowest BCUT2D eigenvalue weighted by molar-refractivity contribution is 0.252. The number of amides is 2. The molecule has 0 fully saturated rings. The number of urea groups is 1. The summed E-state index contributed by atoms with van der Waals surface area (Å²) in [5.74, 6) is 0.739. The molecular weight excluding hydrogens is 318 g/mol. The van der Waals surface area contributed by atoms with Gasteiger partial charge in [0.25, 0.3) is 0 Å². The number of aryl methyl sites for hydroxylation is 1. The van der Waals surface area contributed by atoms with Crippen LogP contribution >= 0.6 is 0 Å². The van der Waals surface area contributed by atoms with Crippen LogP contribution in [0.2, 0.25) is 0 Å². The van der Waals surface area contributed by atoms with Gasteiger partial charge in [-0.1, -0.05) is 6.92 Å². The first-order valence-corrected chi connectivity index (χ1v) is 8.86. The molecule has 2 aromatic rings. The van der Waals surface area contributed by atoms with Crippen LogP contribution in [-0.4, -0.2) is 55.1 Å². The number of rotatable bonds is 6. The van der Waals surface area contributed by atoms with Crippen molar-refractivity contribution in [3.63, 3.8) is 0 Å². The van der Waals surface area contributed by atoms with Crippen molar-refractivity contribution in [2.75, 3.05) is 31.7 Å². The molecule has 0 saturated carbocycles. The Morgan fingerprint density at radius 3 is 2.74 bits per heavy atom. The van der Waals surface area contributed by atoms with Gasteiger partial charge in [-0.2, -0.15) is 0 Å². The van der Waals surface area contributed by atoms with E-state index in [1.54, 1.807) is 12.1 Å². The molecule has 9 heteroatoms. The van der Waals surface area contributed by atoms with Crippen LogP contribution < -0.4 is 10.6 Å². The number of imidazole rings is 1. The molecule has 0 bridgehead atoms. The Morgan fingerprint density at radius 2 is 2.09 bits per heavy atom. The van der Waals surface area contributed by atoms with Gasteiger partial charge in [-0.25, -0.2) is 22.5 Å². The Balaban J connectivity index is 1.92. The zero-order valence-corrected chi connectivity index (χ0v) is 14.2. The number of carbonyl (C=O) groups is 1. The van der Waals surface area contributed by atoms with Crippen molar-refractivity contribution in [2.24, 2.45) is 0 Å². The smallest absolute Gasteiger partial charge is 0.319 e. The SMILES string of the molecule is CCc1nc2ccc(NC(=O)NCCS(=O)(=O)N(C)C)cc2[nH]1. The van der Waals surface area contributed by atoms with E-state index in [2.05, 4.69) is 20.6 Å². The third-order valence-electron chi connectivity index (χ3n) is 3.33. The molecule has 2 amide bonds. The maximum absolute atomic E-state index is 11.8. The number of fused-ring (bicyclic) bond motifs is 1. The topological polar surface area (TPSA) is 107 Å². The average molecular weight is 339 g/mol. The van der Waals surface area contributed by atoms with Crippen molar-refractivity contribution in [3.8, 4) is 0 Å². The fourth-order valence-electron chi connectivity index (χ4n) is 1.96. The van der Waals surface area contributed by atoms with Crippen LogP contribution in [0.1, 0.15) is 12.7 Å². The largest absolute Gasteiger partial charge is 0.342 e. The highest BCUT2D eigenvalue weighted by molar-refractivity contribution is 7.89. The van der Waals surface area contributed by atoms with Crippen LogP contribution in [0.25, 0.3) is 11.0 Å². The molecule has 0 aliphatic rings. The Bertz CT molecular complexity index is 798. The summed E-state index contributed by atoms with van der Waals surface area (Å²) in [5, 5.41) is 5.20. The van der Waals surface area contributed by atoms with E-state index in [0.717, 1.165) is 27.6 Å². The second-order valence-electron chi connectivity index (χ2n) is 5.25. The third-order valence-corrected chi connectivity index (χ3v) is 5.16. The average Bonchev–Trinajstić information content (AvgIpc) is 2.89. The first kappa shape index (κ1) is 17.2. The number of nitrogens with one attached hydrogen (secondary N) is 3. The minimum absolute atomic E-state index is 0.0403. The third kappa shape index (κ3) is 4.42. The summed E-state index contributed by atoms with van der Waals surface area (Å²) in [6.45, 7) is 2.05. The van der Waals surface area contributed by atoms with Gasteiger partial charge in [0.2, 0.25) is 10.0 Å². The van der Waals surface area contributed by atoms with E-state index in [1.807, 2.05) is 13.0 Å². The van der Waals surface area contributed by atoms with Crippen LogP contribution in [0.4, 0.5) is 10.5 Å². The lowest BCUT2D eigenvalue weighted by Gasteiger charge is -2.12. The summed E-state index contributed by atoms with van der Waals surface area (Å²) in [5.41, 5.74) is 2.29. The predicted octanol–water partition coefficient (Wildman–Crippen LogP) is 1.14. The normalized spacial score (nSPS) is 11.8. The maximum Gasteiger partial charge on any atom is 0.319 e. The fourth-order valence-corrected chi connectivity index (χ4v) is 2.68. The van der Waals surface area contributed by atoms with Crippen LogP contribution in [0.3, 0.4) is 0 Å². The molecular formula is C14H21N5O3S. The standard InChI is InChI=1S/C14H21N5O3S/c1-4-13-17-11-6-5-10(9-12(11)18-13)16-14(20)15-7-8-23(21,22)19(2)3/h5-6,9H,4,7-8H2,1-3H3,(H,17,18)(H2,15,16,20). The molecule has 1 aromatic carbocycles. The van der Waals surface area contributed by atoms with Crippen LogP contribution in [-0.2, 0) is 16.4 Å². The zero-order valence-electron chi connectivity index (χ0n) is 13.4. The number of carbonyl (C=O) groups excluding carboxylic acids is 1. The molecule has 0 saturated heterocycles. The highest BCUT2D eigenvalue weighted by Crippen LogP contribution is 2.17. The summed E-state index contributed by atoms with van der Waals surface area (Å²) in [6, 6.07) is 4.90. The molecule has 0 unspecified atom stereocenters. The van der Waals surface area contributed by atoms with E-state index >= 15 is 0 Å². The summed E-state index contributed by atoms with van der Waals surface area (Å²) >= 11 is 0. The lowest BCUT2D eigenvalue weighted by atomic mass is 10.3. The number of anilines is 1. The Labute approximate surface area is 135 Å². The second kappa shape index (κ2) is 6.97. The molecule has 126 valence electrons. The van der Waals surface area contributed by atoms with E-state index in [-0.39, 0.29) is 12.3 Å². The van der Waals surface area contributed by atoms with Gasteiger partial charge in [-0.05, 0) is 18.2 Å². The molecule has 0 aliphatic carbocycles. The highest BCUT2D eigenvalue weighted by atomic mass is 32.2. The van der Waals surface area contributed by atoms with Gasteiger partial charge in [0.1, 0.15) is 5.82 Å². The minimum atomic E-state index is -3.32. The summed E-state index contributed by atoms with van der Waals surface area (Å²) in [7, 11) is -0.402. The van der Waals surface area contributed by atoms with Crippen molar-refractivity contribution < 1.29 is 13.2 Å². The van der Waals surface area contributed by atoms with Crippen molar-refractivity contribution in [1.82, 2.24) is 19.6 Å². The van der Waals surface area contributed by atoms with Gasteiger partial charge in [0.05, 0.1) is 16.8 Å². The van der Waals surface area contributed by atoms with Crippen LogP contribution in [0, 0.1) is 0 Å². The fraction of sp³-hybridized carbons (Fsp3) is 0.429. The predicted molar refractivity (Wildman–Crippen MR) is 90.0 cm³/mol. The number of benzene rings is 1. The van der Waals surface area contributed by atoms with Gasteiger partial charge in [-0.15, -0.1) is 0 Å². The molecule has 0 spiro atoms. The Hall–Kier alpha value is -2.13. The number of nitrogens with zero attached hydrogens (tertiary/aromatic N) is 2. The minimum Gasteiger partial charge on any atom is -0.342 e. The summed E-state index contributed by atoms with van der Waals surface area (Å²) in [6.07, 6.45) is 0.804. The molecule has 8 nitrogen and oxygen atoms in total. The molecule has 0 aliphatic heterocycles. The van der Waals surface area contributed by atoms with Gasteiger partial charge in [0, 0.05) is 32.7 Å². The van der Waals surface area contributed by atoms with Crippen molar-refractivity contribution in [2.45, 2.75) is 13.3 Å². The molecule has 2 rings (SSSR count). The first-order valence-electron chi connectivity index (χ1n) is 7.25. The summed E-state index contributed by atoms with van der Waals surface area (Å²) in [4.78, 5) is 19.4. The maximum atomic E-state index is 11.8.